The monoisotopic (exact) mass is 573 g/mol. The molecule has 10 nitrogen and oxygen atoms in total. The lowest BCUT2D eigenvalue weighted by molar-refractivity contribution is 0.375. The number of fused-ring (bicyclic) bond motifs is 2. The van der Waals surface area contributed by atoms with Crippen LogP contribution in [0.15, 0.2) is 32.5 Å². The van der Waals surface area contributed by atoms with Crippen molar-refractivity contribution in [2.75, 3.05) is 7.11 Å². The summed E-state index contributed by atoms with van der Waals surface area (Å²) in [7, 11) is 1.58. The van der Waals surface area contributed by atoms with Gasteiger partial charge in [0.05, 0.1) is 22.3 Å². The largest absolute Gasteiger partial charge is 0.497 e. The van der Waals surface area contributed by atoms with Crippen LogP contribution in [-0.4, -0.2) is 41.0 Å². The molecular weight excluding hydrogens is 550 g/mol. The number of aliphatic imine (C=N–C) groups is 1. The molecule has 5 rings (SSSR count). The van der Waals surface area contributed by atoms with Crippen LogP contribution in [0.4, 0.5) is 5.82 Å². The van der Waals surface area contributed by atoms with Crippen LogP contribution in [0.1, 0.15) is 49.9 Å². The average Bonchev–Trinajstić information content (AvgIpc) is 3.60. The quantitative estimate of drug-likeness (QED) is 0.246. The number of ether oxygens (including phenoxy) is 1. The van der Waals surface area contributed by atoms with Crippen molar-refractivity contribution in [3.63, 3.8) is 0 Å². The highest BCUT2D eigenvalue weighted by Gasteiger charge is 2.25. The van der Waals surface area contributed by atoms with Gasteiger partial charge in [-0.2, -0.15) is 4.98 Å². The van der Waals surface area contributed by atoms with Crippen molar-refractivity contribution in [3.8, 4) is 17.1 Å². The third-order valence-electron chi connectivity index (χ3n) is 6.15. The van der Waals surface area contributed by atoms with Crippen LogP contribution in [0.2, 0.25) is 5.02 Å². The zero-order valence-corrected chi connectivity index (χ0v) is 22.3. The molecule has 4 aromatic rings. The van der Waals surface area contributed by atoms with E-state index in [9.17, 15) is 4.79 Å². The molecule has 36 heavy (non-hydrogen) atoms. The fourth-order valence-electron chi connectivity index (χ4n) is 4.32. The molecule has 1 aromatic carbocycles. The molecule has 0 aliphatic carbocycles. The molecule has 0 spiro atoms. The zero-order valence-electron chi connectivity index (χ0n) is 20.0. The van der Waals surface area contributed by atoms with Gasteiger partial charge in [0.2, 0.25) is 17.5 Å². The van der Waals surface area contributed by atoms with Gasteiger partial charge in [0.15, 0.2) is 0 Å². The van der Waals surface area contributed by atoms with Crippen molar-refractivity contribution >= 4 is 43.7 Å². The summed E-state index contributed by atoms with van der Waals surface area (Å²) in [6.07, 6.45) is 5.37. The van der Waals surface area contributed by atoms with Crippen molar-refractivity contribution in [2.45, 2.75) is 58.4 Å². The fourth-order valence-corrected chi connectivity index (χ4v) is 5.02. The molecule has 0 bridgehead atoms. The van der Waals surface area contributed by atoms with Gasteiger partial charge < -0.3 is 9.26 Å². The molecule has 1 aliphatic heterocycles. The number of hydrogen-bond donors (Lipinski definition) is 0. The average molecular weight is 575 g/mol. The number of nitrogens with zero attached hydrogens (tertiary/aromatic N) is 7. The van der Waals surface area contributed by atoms with Crippen LogP contribution in [0, 0.1) is 0 Å². The number of aromatic nitrogens is 6. The molecule has 1 aliphatic rings. The molecule has 12 heteroatoms. The molecule has 0 fully saturated rings. The maximum absolute atomic E-state index is 13.3. The minimum Gasteiger partial charge on any atom is -0.497 e. The Hall–Kier alpha value is -3.05. The summed E-state index contributed by atoms with van der Waals surface area (Å²) in [5, 5.41) is 13.3. The van der Waals surface area contributed by atoms with Crippen molar-refractivity contribution in [1.29, 1.82) is 0 Å². The van der Waals surface area contributed by atoms with E-state index in [-0.39, 0.29) is 5.56 Å². The van der Waals surface area contributed by atoms with E-state index in [2.05, 4.69) is 48.2 Å². The summed E-state index contributed by atoms with van der Waals surface area (Å²) in [6.45, 7) is 2.90. The predicted molar refractivity (Wildman–Crippen MR) is 140 cm³/mol. The first kappa shape index (κ1) is 24.6. The fraction of sp³-hybridized carbons (Fsp3) is 0.417. The van der Waals surface area contributed by atoms with Crippen molar-refractivity contribution in [3.05, 3.63) is 50.9 Å². The number of hydrogen-bond acceptors (Lipinski definition) is 8. The first-order valence-electron chi connectivity index (χ1n) is 11.9. The van der Waals surface area contributed by atoms with Crippen LogP contribution < -0.4 is 10.3 Å². The van der Waals surface area contributed by atoms with Gasteiger partial charge in [-0.3, -0.25) is 9.36 Å². The second-order valence-corrected chi connectivity index (χ2v) is 9.92. The van der Waals surface area contributed by atoms with Gasteiger partial charge in [-0.1, -0.05) is 36.5 Å². The molecule has 0 amide bonds. The molecule has 0 saturated carbocycles. The van der Waals surface area contributed by atoms with E-state index in [1.54, 1.807) is 29.7 Å². The summed E-state index contributed by atoms with van der Waals surface area (Å²) in [5.41, 5.74) is 1.23. The number of benzene rings is 1. The standard InChI is InChI=1S/C24H25BrClN7O3/c1-3-4-5-11-32-22-16(13-18(25)27-22)23(34)33-19(29-30-24(32)33)7-6-8-20-28-21(31-36-20)15-10-9-14(35-2)12-17(15)26/h9-10,12H,3-8,11,13H2,1-2H3. The van der Waals surface area contributed by atoms with Crippen LogP contribution in [0.5, 0.6) is 5.75 Å². The topological polar surface area (TPSA) is 113 Å². The lowest BCUT2D eigenvalue weighted by Gasteiger charge is -2.12. The Labute approximate surface area is 220 Å². The Balaban J connectivity index is 1.34. The molecule has 3 aromatic heterocycles. The lowest BCUT2D eigenvalue weighted by Crippen LogP contribution is -2.23. The zero-order chi connectivity index (χ0) is 25.2. The summed E-state index contributed by atoms with van der Waals surface area (Å²) in [5.74, 6) is 3.39. The Bertz CT molecular complexity index is 1510. The van der Waals surface area contributed by atoms with Gasteiger partial charge in [0, 0.05) is 31.4 Å². The second-order valence-electron chi connectivity index (χ2n) is 8.59. The SMILES string of the molecule is CCCCCn1c2c(c(=O)n3c(CCCc4nc(-c5ccc(OC)cc5Cl)no4)nnc13)CC(Br)=N2. The third kappa shape index (κ3) is 4.69. The van der Waals surface area contributed by atoms with E-state index in [1.807, 2.05) is 4.57 Å². The molecule has 0 atom stereocenters. The van der Waals surface area contributed by atoms with Gasteiger partial charge >= 0.3 is 0 Å². The van der Waals surface area contributed by atoms with Gasteiger partial charge in [-0.15, -0.1) is 10.2 Å². The number of methoxy groups -OCH3 is 1. The van der Waals surface area contributed by atoms with Crippen LogP contribution in [0.25, 0.3) is 17.2 Å². The second kappa shape index (κ2) is 10.5. The van der Waals surface area contributed by atoms with Crippen molar-refractivity contribution in [2.24, 2.45) is 4.99 Å². The highest BCUT2D eigenvalue weighted by atomic mass is 79.9. The van der Waals surface area contributed by atoms with Crippen LogP contribution in [0.3, 0.4) is 0 Å². The molecule has 0 N–H and O–H groups in total. The maximum Gasteiger partial charge on any atom is 0.266 e. The molecule has 0 saturated heterocycles. The molecule has 4 heterocycles. The van der Waals surface area contributed by atoms with Gasteiger partial charge in [-0.25, -0.2) is 9.39 Å². The summed E-state index contributed by atoms with van der Waals surface area (Å²) >= 11 is 9.80. The minimum absolute atomic E-state index is 0.112. The van der Waals surface area contributed by atoms with E-state index < -0.39 is 0 Å². The number of unbranched alkanes of at least 4 members (excludes halogenated alkanes) is 2. The van der Waals surface area contributed by atoms with E-state index in [4.69, 9.17) is 20.9 Å². The van der Waals surface area contributed by atoms with Crippen molar-refractivity contribution < 1.29 is 9.26 Å². The first-order valence-corrected chi connectivity index (χ1v) is 13.1. The minimum atomic E-state index is -0.112. The Kier molecular flexibility index (Phi) is 7.20. The van der Waals surface area contributed by atoms with E-state index >= 15 is 0 Å². The van der Waals surface area contributed by atoms with E-state index in [1.165, 1.54) is 0 Å². The third-order valence-corrected chi connectivity index (χ3v) is 6.92. The molecule has 0 unspecified atom stereocenters. The first-order chi connectivity index (χ1) is 17.5. The van der Waals surface area contributed by atoms with E-state index in [0.29, 0.717) is 76.7 Å². The predicted octanol–water partition coefficient (Wildman–Crippen LogP) is 4.95. The number of aryl methyl sites for hydroxylation is 3. The van der Waals surface area contributed by atoms with Gasteiger partial charge in [0.1, 0.15) is 17.4 Å². The smallest absolute Gasteiger partial charge is 0.266 e. The number of halogens is 2. The van der Waals surface area contributed by atoms with E-state index in [0.717, 1.165) is 30.4 Å². The van der Waals surface area contributed by atoms with Gasteiger partial charge in [0.25, 0.3) is 5.56 Å². The highest BCUT2D eigenvalue weighted by Crippen LogP contribution is 2.30. The highest BCUT2D eigenvalue weighted by molar-refractivity contribution is 9.18. The maximum atomic E-state index is 13.3. The summed E-state index contributed by atoms with van der Waals surface area (Å²) in [4.78, 5) is 22.4. The molecule has 0 radical (unpaired) electrons. The molecular formula is C24H25BrClN7O3. The van der Waals surface area contributed by atoms with Crippen LogP contribution >= 0.6 is 27.5 Å². The Morgan fingerprint density at radius 1 is 1.19 bits per heavy atom. The van der Waals surface area contributed by atoms with Gasteiger partial charge in [-0.05, 0) is 47.0 Å². The Morgan fingerprint density at radius 2 is 2.06 bits per heavy atom. The summed E-state index contributed by atoms with van der Waals surface area (Å²) < 4.78 is 15.0. The Morgan fingerprint density at radius 3 is 2.83 bits per heavy atom. The van der Waals surface area contributed by atoms with Crippen molar-refractivity contribution in [1.82, 2.24) is 29.3 Å². The number of rotatable bonds is 10. The summed E-state index contributed by atoms with van der Waals surface area (Å²) in [6, 6.07) is 5.30. The normalized spacial score (nSPS) is 12.8. The molecule has 188 valence electrons. The van der Waals surface area contributed by atoms with Crippen LogP contribution in [-0.2, 0) is 25.8 Å². The lowest BCUT2D eigenvalue weighted by atomic mass is 10.2.